The Morgan fingerprint density at radius 2 is 1.87 bits per heavy atom. The molecule has 2 aromatic rings. The maximum absolute atomic E-state index is 12.5. The lowest BCUT2D eigenvalue weighted by Gasteiger charge is -2.10. The van der Waals surface area contributed by atoms with E-state index in [0.717, 1.165) is 12.8 Å². The molecule has 0 unspecified atom stereocenters. The van der Waals surface area contributed by atoms with Gasteiger partial charge in [0.05, 0.1) is 11.3 Å². The van der Waals surface area contributed by atoms with E-state index in [1.165, 1.54) is 11.6 Å². The molecule has 23 heavy (non-hydrogen) atoms. The zero-order chi connectivity index (χ0) is 16.4. The van der Waals surface area contributed by atoms with Crippen LogP contribution in [0.2, 0.25) is 0 Å². The minimum absolute atomic E-state index is 0.117. The molecule has 5 nitrogen and oxygen atoms in total. The second kappa shape index (κ2) is 6.04. The Balaban J connectivity index is 1.82. The van der Waals surface area contributed by atoms with Gasteiger partial charge in [-0.3, -0.25) is 9.52 Å². The summed E-state index contributed by atoms with van der Waals surface area (Å²) >= 11 is 0. The molecule has 3 rings (SSSR count). The molecule has 0 aromatic heterocycles. The van der Waals surface area contributed by atoms with E-state index >= 15 is 0 Å². The van der Waals surface area contributed by atoms with Crippen molar-refractivity contribution in [2.45, 2.75) is 31.1 Å². The van der Waals surface area contributed by atoms with Gasteiger partial charge in [-0.25, -0.2) is 8.42 Å². The monoisotopic (exact) mass is 330 g/mol. The molecule has 1 aliphatic heterocycles. The summed E-state index contributed by atoms with van der Waals surface area (Å²) < 4.78 is 27.5. The topological polar surface area (TPSA) is 75.3 Å². The first kappa shape index (κ1) is 15.6. The Labute approximate surface area is 135 Å². The van der Waals surface area contributed by atoms with Crippen molar-refractivity contribution in [2.75, 3.05) is 10.0 Å². The summed E-state index contributed by atoms with van der Waals surface area (Å²) in [5, 5.41) is 2.69. The van der Waals surface area contributed by atoms with Gasteiger partial charge >= 0.3 is 0 Å². The molecule has 0 aliphatic carbocycles. The van der Waals surface area contributed by atoms with E-state index in [0.29, 0.717) is 16.9 Å². The summed E-state index contributed by atoms with van der Waals surface area (Å²) in [4.78, 5) is 11.5. The molecule has 1 amide bonds. The third kappa shape index (κ3) is 3.37. The summed E-state index contributed by atoms with van der Waals surface area (Å²) in [6.45, 7) is 2.10. The zero-order valence-electron chi connectivity index (χ0n) is 12.8. The minimum Gasteiger partial charge on any atom is -0.326 e. The van der Waals surface area contributed by atoms with Crippen LogP contribution in [-0.2, 0) is 27.7 Å². The van der Waals surface area contributed by atoms with Crippen molar-refractivity contribution in [1.29, 1.82) is 0 Å². The molecule has 0 saturated carbocycles. The number of carbonyl (C=O) groups is 1. The van der Waals surface area contributed by atoms with Gasteiger partial charge in [0, 0.05) is 11.4 Å². The quantitative estimate of drug-likeness (QED) is 0.885. The number of hydrogen-bond donors (Lipinski definition) is 2. The second-order valence-corrected chi connectivity index (χ2v) is 7.28. The van der Waals surface area contributed by atoms with E-state index < -0.39 is 10.0 Å². The number of benzene rings is 2. The maximum Gasteiger partial charge on any atom is 0.261 e. The normalized spacial score (nSPS) is 13.5. The standard InChI is InChI=1S/C17H18N2O3S/c1-2-3-12-4-6-14(7-5-12)19-23(21,22)15-8-9-16-13(10-15)11-17(20)18-16/h4-10,19H,2-3,11H2,1H3,(H,18,20). The number of aryl methyl sites for hydroxylation is 1. The van der Waals surface area contributed by atoms with Gasteiger partial charge < -0.3 is 5.32 Å². The lowest BCUT2D eigenvalue weighted by molar-refractivity contribution is -0.115. The smallest absolute Gasteiger partial charge is 0.261 e. The van der Waals surface area contributed by atoms with Crippen LogP contribution in [0.5, 0.6) is 0 Å². The molecule has 0 atom stereocenters. The number of nitrogens with one attached hydrogen (secondary N) is 2. The van der Waals surface area contributed by atoms with Crippen molar-refractivity contribution in [2.24, 2.45) is 0 Å². The van der Waals surface area contributed by atoms with E-state index in [4.69, 9.17) is 0 Å². The first-order valence-corrected chi connectivity index (χ1v) is 9.01. The fourth-order valence-corrected chi connectivity index (χ4v) is 3.72. The van der Waals surface area contributed by atoms with Crippen LogP contribution in [0.15, 0.2) is 47.4 Å². The van der Waals surface area contributed by atoms with Crippen molar-refractivity contribution >= 4 is 27.3 Å². The Kier molecular flexibility index (Phi) is 4.09. The van der Waals surface area contributed by atoms with Crippen molar-refractivity contribution in [3.8, 4) is 0 Å². The van der Waals surface area contributed by atoms with E-state index in [1.807, 2.05) is 12.1 Å². The molecule has 0 fully saturated rings. The van der Waals surface area contributed by atoms with Gasteiger partial charge in [0.25, 0.3) is 10.0 Å². The van der Waals surface area contributed by atoms with Crippen LogP contribution in [0.3, 0.4) is 0 Å². The summed E-state index contributed by atoms with van der Waals surface area (Å²) in [6, 6.07) is 12.0. The fourth-order valence-electron chi connectivity index (χ4n) is 2.62. The number of rotatable bonds is 5. The molecule has 2 aromatic carbocycles. The number of fused-ring (bicyclic) bond motifs is 1. The van der Waals surface area contributed by atoms with Gasteiger partial charge in [0.15, 0.2) is 0 Å². The molecule has 0 radical (unpaired) electrons. The van der Waals surface area contributed by atoms with Crippen LogP contribution in [0, 0.1) is 0 Å². The lowest BCUT2D eigenvalue weighted by Crippen LogP contribution is -2.13. The largest absolute Gasteiger partial charge is 0.326 e. The molecule has 120 valence electrons. The number of sulfonamides is 1. The highest BCUT2D eigenvalue weighted by atomic mass is 32.2. The van der Waals surface area contributed by atoms with Crippen LogP contribution in [0.25, 0.3) is 0 Å². The third-order valence-corrected chi connectivity index (χ3v) is 5.14. The van der Waals surface area contributed by atoms with Crippen LogP contribution in [0.4, 0.5) is 11.4 Å². The van der Waals surface area contributed by atoms with Gasteiger partial charge in [-0.2, -0.15) is 0 Å². The molecule has 6 heteroatoms. The van der Waals surface area contributed by atoms with E-state index in [9.17, 15) is 13.2 Å². The van der Waals surface area contributed by atoms with Gasteiger partial charge in [0.1, 0.15) is 0 Å². The molecular weight excluding hydrogens is 312 g/mol. The lowest BCUT2D eigenvalue weighted by atomic mass is 10.1. The van der Waals surface area contributed by atoms with Crippen molar-refractivity contribution < 1.29 is 13.2 Å². The summed E-state index contributed by atoms with van der Waals surface area (Å²) in [5.74, 6) is -0.117. The zero-order valence-corrected chi connectivity index (χ0v) is 13.6. The molecular formula is C17H18N2O3S. The van der Waals surface area contributed by atoms with Gasteiger partial charge in [-0.15, -0.1) is 0 Å². The van der Waals surface area contributed by atoms with Gasteiger partial charge in [0.2, 0.25) is 5.91 Å². The Morgan fingerprint density at radius 3 is 2.57 bits per heavy atom. The molecule has 1 heterocycles. The number of anilines is 2. The molecule has 1 aliphatic rings. The van der Waals surface area contributed by atoms with Crippen LogP contribution < -0.4 is 10.0 Å². The van der Waals surface area contributed by atoms with Crippen LogP contribution >= 0.6 is 0 Å². The molecule has 0 saturated heterocycles. The number of hydrogen-bond acceptors (Lipinski definition) is 3. The highest BCUT2D eigenvalue weighted by Gasteiger charge is 2.21. The molecule has 2 N–H and O–H groups in total. The third-order valence-electron chi connectivity index (χ3n) is 3.76. The second-order valence-electron chi connectivity index (χ2n) is 5.60. The first-order chi connectivity index (χ1) is 11.0. The Hall–Kier alpha value is -2.34. The highest BCUT2D eigenvalue weighted by Crippen LogP contribution is 2.26. The van der Waals surface area contributed by atoms with Crippen LogP contribution in [-0.4, -0.2) is 14.3 Å². The Bertz CT molecular complexity index is 843. The van der Waals surface area contributed by atoms with Crippen molar-refractivity contribution in [3.05, 3.63) is 53.6 Å². The predicted octanol–water partition coefficient (Wildman–Crippen LogP) is 2.93. The number of carbonyl (C=O) groups excluding carboxylic acids is 1. The van der Waals surface area contributed by atoms with E-state index in [1.54, 1.807) is 24.3 Å². The van der Waals surface area contributed by atoms with Gasteiger partial charge in [-0.05, 0) is 47.9 Å². The summed E-state index contributed by atoms with van der Waals surface area (Å²) in [5.41, 5.74) is 3.09. The fraction of sp³-hybridized carbons (Fsp3) is 0.235. The van der Waals surface area contributed by atoms with Crippen molar-refractivity contribution in [3.63, 3.8) is 0 Å². The summed E-state index contributed by atoms with van der Waals surface area (Å²) in [7, 11) is -3.67. The Morgan fingerprint density at radius 1 is 1.13 bits per heavy atom. The summed E-state index contributed by atoms with van der Waals surface area (Å²) in [6.07, 6.45) is 2.23. The average molecular weight is 330 g/mol. The number of amides is 1. The SMILES string of the molecule is CCCc1ccc(NS(=O)(=O)c2ccc3c(c2)CC(=O)N3)cc1. The van der Waals surface area contributed by atoms with E-state index in [-0.39, 0.29) is 17.2 Å². The first-order valence-electron chi connectivity index (χ1n) is 7.52. The minimum atomic E-state index is -3.67. The predicted molar refractivity (Wildman–Crippen MR) is 90.0 cm³/mol. The van der Waals surface area contributed by atoms with Crippen LogP contribution in [0.1, 0.15) is 24.5 Å². The average Bonchev–Trinajstić information content (AvgIpc) is 2.88. The van der Waals surface area contributed by atoms with Crippen molar-refractivity contribution in [1.82, 2.24) is 0 Å². The molecule has 0 bridgehead atoms. The van der Waals surface area contributed by atoms with Gasteiger partial charge in [-0.1, -0.05) is 25.5 Å². The van der Waals surface area contributed by atoms with E-state index in [2.05, 4.69) is 17.0 Å². The maximum atomic E-state index is 12.5. The molecule has 0 spiro atoms. The highest BCUT2D eigenvalue weighted by molar-refractivity contribution is 7.92.